The molecule has 2 fully saturated rings. The van der Waals surface area contributed by atoms with Crippen molar-refractivity contribution in [1.29, 1.82) is 0 Å². The first-order valence-corrected chi connectivity index (χ1v) is 7.36. The quantitative estimate of drug-likeness (QED) is 0.820. The number of likely N-dealkylation sites (tertiary alicyclic amines) is 1. The molecule has 0 bridgehead atoms. The Bertz CT molecular complexity index is 364. The monoisotopic (exact) mass is 284 g/mol. The van der Waals surface area contributed by atoms with Crippen LogP contribution in [0.5, 0.6) is 0 Å². The number of hydrogen-bond acceptors (Lipinski definition) is 4. The molecule has 3 unspecified atom stereocenters. The molecule has 2 rings (SSSR count). The van der Waals surface area contributed by atoms with E-state index in [1.54, 1.807) is 4.90 Å². The summed E-state index contributed by atoms with van der Waals surface area (Å²) in [5.74, 6) is -0.880. The summed E-state index contributed by atoms with van der Waals surface area (Å²) in [5, 5.41) is 9.19. The summed E-state index contributed by atoms with van der Waals surface area (Å²) >= 11 is 0. The molecule has 2 aliphatic rings. The van der Waals surface area contributed by atoms with E-state index in [1.807, 2.05) is 4.90 Å². The van der Waals surface area contributed by atoms with Crippen LogP contribution in [0, 0.1) is 0 Å². The summed E-state index contributed by atoms with van der Waals surface area (Å²) in [6.07, 6.45) is 3.21. The highest BCUT2D eigenvalue weighted by Gasteiger charge is 2.34. The van der Waals surface area contributed by atoms with Crippen LogP contribution in [0.15, 0.2) is 0 Å². The molecule has 0 aromatic carbocycles. The molecule has 0 spiro atoms. The van der Waals surface area contributed by atoms with E-state index >= 15 is 0 Å². The van der Waals surface area contributed by atoms with Gasteiger partial charge in [-0.3, -0.25) is 14.5 Å². The van der Waals surface area contributed by atoms with E-state index in [0.717, 1.165) is 19.3 Å². The number of aliphatic carboxylic acids is 1. The fourth-order valence-corrected chi connectivity index (χ4v) is 3.22. The molecular formula is C14H24N2O4. The number of carbonyl (C=O) groups excluding carboxylic acids is 1. The minimum absolute atomic E-state index is 0.0397. The SMILES string of the molecule is CC1CCCC(C)N1C(=O)CN1CCOCC1C(=O)O. The van der Waals surface area contributed by atoms with Gasteiger partial charge in [-0.1, -0.05) is 0 Å². The summed E-state index contributed by atoms with van der Waals surface area (Å²) < 4.78 is 5.20. The number of carbonyl (C=O) groups is 2. The third-order valence-corrected chi connectivity index (χ3v) is 4.34. The predicted molar refractivity (Wildman–Crippen MR) is 73.4 cm³/mol. The molecule has 0 radical (unpaired) electrons. The van der Waals surface area contributed by atoms with Crippen molar-refractivity contribution >= 4 is 11.9 Å². The van der Waals surface area contributed by atoms with Gasteiger partial charge < -0.3 is 14.7 Å². The lowest BCUT2D eigenvalue weighted by molar-refractivity contribution is -0.152. The molecule has 3 atom stereocenters. The van der Waals surface area contributed by atoms with Crippen LogP contribution in [0.1, 0.15) is 33.1 Å². The molecule has 0 aromatic heterocycles. The van der Waals surface area contributed by atoms with Crippen molar-refractivity contribution in [2.45, 2.75) is 51.2 Å². The molecule has 0 aliphatic carbocycles. The Morgan fingerprint density at radius 3 is 2.50 bits per heavy atom. The van der Waals surface area contributed by atoms with Gasteiger partial charge in [0, 0.05) is 18.6 Å². The van der Waals surface area contributed by atoms with Gasteiger partial charge in [-0.15, -0.1) is 0 Å². The van der Waals surface area contributed by atoms with Crippen LogP contribution in [0.25, 0.3) is 0 Å². The zero-order valence-corrected chi connectivity index (χ0v) is 12.2. The van der Waals surface area contributed by atoms with Crippen LogP contribution in [0.2, 0.25) is 0 Å². The van der Waals surface area contributed by atoms with Crippen molar-refractivity contribution in [3.05, 3.63) is 0 Å². The highest BCUT2D eigenvalue weighted by Crippen LogP contribution is 2.23. The average Bonchev–Trinajstić information content (AvgIpc) is 2.38. The summed E-state index contributed by atoms with van der Waals surface area (Å²) in [7, 11) is 0. The Kier molecular flexibility index (Phi) is 4.99. The maximum absolute atomic E-state index is 12.5. The fourth-order valence-electron chi connectivity index (χ4n) is 3.22. The van der Waals surface area contributed by atoms with Crippen LogP contribution in [-0.4, -0.2) is 71.2 Å². The molecule has 2 saturated heterocycles. The van der Waals surface area contributed by atoms with Crippen LogP contribution < -0.4 is 0 Å². The Hall–Kier alpha value is -1.14. The lowest BCUT2D eigenvalue weighted by atomic mass is 9.97. The summed E-state index contributed by atoms with van der Waals surface area (Å²) in [6, 6.07) is -0.214. The van der Waals surface area contributed by atoms with E-state index in [2.05, 4.69) is 13.8 Å². The summed E-state index contributed by atoms with van der Waals surface area (Å²) in [6.45, 7) is 5.47. The van der Waals surface area contributed by atoms with Gasteiger partial charge in [-0.2, -0.15) is 0 Å². The Morgan fingerprint density at radius 1 is 1.25 bits per heavy atom. The first-order valence-electron chi connectivity index (χ1n) is 7.36. The standard InChI is InChI=1S/C14H24N2O4/c1-10-4-3-5-11(2)16(10)13(17)8-15-6-7-20-9-12(15)14(18)19/h10-12H,3-9H2,1-2H3,(H,18,19). The van der Waals surface area contributed by atoms with Gasteiger partial charge in [0.2, 0.25) is 5.91 Å². The van der Waals surface area contributed by atoms with Gasteiger partial charge in [0.05, 0.1) is 19.8 Å². The van der Waals surface area contributed by atoms with Gasteiger partial charge in [-0.05, 0) is 33.1 Å². The Morgan fingerprint density at radius 2 is 1.90 bits per heavy atom. The third-order valence-electron chi connectivity index (χ3n) is 4.34. The predicted octanol–water partition coefficient (Wildman–Crippen LogP) is 0.561. The molecule has 1 amide bonds. The van der Waals surface area contributed by atoms with Crippen molar-refractivity contribution in [2.75, 3.05) is 26.3 Å². The Labute approximate surface area is 119 Å². The zero-order chi connectivity index (χ0) is 14.7. The number of carboxylic acid groups (broad SMARTS) is 1. The second kappa shape index (κ2) is 6.54. The first-order chi connectivity index (χ1) is 9.50. The number of morpholine rings is 1. The van der Waals surface area contributed by atoms with Crippen LogP contribution in [0.3, 0.4) is 0 Å². The second-order valence-corrected chi connectivity index (χ2v) is 5.83. The van der Waals surface area contributed by atoms with Crippen molar-refractivity contribution in [2.24, 2.45) is 0 Å². The lowest BCUT2D eigenvalue weighted by Gasteiger charge is -2.41. The summed E-state index contributed by atoms with van der Waals surface area (Å²) in [4.78, 5) is 27.4. The normalized spacial score (nSPS) is 32.1. The van der Waals surface area contributed by atoms with Crippen molar-refractivity contribution < 1.29 is 19.4 Å². The molecule has 114 valence electrons. The summed E-state index contributed by atoms with van der Waals surface area (Å²) in [5.41, 5.74) is 0. The van der Waals surface area contributed by atoms with E-state index in [4.69, 9.17) is 4.74 Å². The molecule has 1 N–H and O–H groups in total. The zero-order valence-electron chi connectivity index (χ0n) is 12.2. The smallest absolute Gasteiger partial charge is 0.323 e. The molecule has 6 nitrogen and oxygen atoms in total. The topological polar surface area (TPSA) is 70.1 Å². The van der Waals surface area contributed by atoms with E-state index in [1.165, 1.54) is 0 Å². The number of piperidine rings is 1. The maximum Gasteiger partial charge on any atom is 0.323 e. The van der Waals surface area contributed by atoms with Crippen LogP contribution >= 0.6 is 0 Å². The van der Waals surface area contributed by atoms with Crippen LogP contribution in [0.4, 0.5) is 0 Å². The second-order valence-electron chi connectivity index (χ2n) is 5.83. The number of ether oxygens (including phenoxy) is 1. The highest BCUT2D eigenvalue weighted by molar-refractivity contribution is 5.80. The van der Waals surface area contributed by atoms with Crippen LogP contribution in [-0.2, 0) is 14.3 Å². The third kappa shape index (κ3) is 3.30. The lowest BCUT2D eigenvalue weighted by Crippen LogP contribution is -2.56. The molecular weight excluding hydrogens is 260 g/mol. The molecule has 2 aliphatic heterocycles. The number of carboxylic acids is 1. The van der Waals surface area contributed by atoms with Gasteiger partial charge in [0.1, 0.15) is 6.04 Å². The average molecular weight is 284 g/mol. The van der Waals surface area contributed by atoms with Gasteiger partial charge in [0.25, 0.3) is 0 Å². The van der Waals surface area contributed by atoms with E-state index < -0.39 is 12.0 Å². The first kappa shape index (κ1) is 15.3. The molecule has 20 heavy (non-hydrogen) atoms. The number of nitrogens with zero attached hydrogens (tertiary/aromatic N) is 2. The van der Waals surface area contributed by atoms with Crippen molar-refractivity contribution in [1.82, 2.24) is 9.80 Å². The van der Waals surface area contributed by atoms with Gasteiger partial charge >= 0.3 is 5.97 Å². The molecule has 6 heteroatoms. The van der Waals surface area contributed by atoms with Crippen molar-refractivity contribution in [3.8, 4) is 0 Å². The van der Waals surface area contributed by atoms with Gasteiger partial charge in [-0.25, -0.2) is 0 Å². The number of rotatable bonds is 3. The molecule has 0 saturated carbocycles. The minimum Gasteiger partial charge on any atom is -0.480 e. The number of hydrogen-bond donors (Lipinski definition) is 1. The highest BCUT2D eigenvalue weighted by atomic mass is 16.5. The van der Waals surface area contributed by atoms with Crippen molar-refractivity contribution in [3.63, 3.8) is 0 Å². The van der Waals surface area contributed by atoms with Gasteiger partial charge in [0.15, 0.2) is 0 Å². The molecule has 2 heterocycles. The maximum atomic E-state index is 12.5. The number of amides is 1. The van der Waals surface area contributed by atoms with E-state index in [9.17, 15) is 14.7 Å². The Balaban J connectivity index is 2.00. The minimum atomic E-state index is -0.919. The van der Waals surface area contributed by atoms with E-state index in [0.29, 0.717) is 13.2 Å². The largest absolute Gasteiger partial charge is 0.480 e. The molecule has 0 aromatic rings. The fraction of sp³-hybridized carbons (Fsp3) is 0.857. The van der Waals surface area contributed by atoms with E-state index in [-0.39, 0.29) is 31.1 Å².